The molecule has 1 saturated heterocycles. The molecule has 1 atom stereocenters. The van der Waals surface area contributed by atoms with Gasteiger partial charge in [-0.1, -0.05) is 0 Å². The fourth-order valence-electron chi connectivity index (χ4n) is 2.43. The molecule has 1 aromatic rings. The maximum atomic E-state index is 12.0. The first-order valence-corrected chi connectivity index (χ1v) is 7.30. The molecule has 2 amide bonds. The Kier molecular flexibility index (Phi) is 5.80. The smallest absolute Gasteiger partial charge is 0.315 e. The maximum Gasteiger partial charge on any atom is 0.315 e. The van der Waals surface area contributed by atoms with Crippen LogP contribution in [-0.4, -0.2) is 37.9 Å². The lowest BCUT2D eigenvalue weighted by molar-refractivity contribution is 0.0669. The highest BCUT2D eigenvalue weighted by Gasteiger charge is 2.17. The summed E-state index contributed by atoms with van der Waals surface area (Å²) in [5.41, 5.74) is 0.911. The summed E-state index contributed by atoms with van der Waals surface area (Å²) in [6.45, 7) is 4.19. The third-order valence-corrected chi connectivity index (χ3v) is 3.74. The van der Waals surface area contributed by atoms with Crippen LogP contribution >= 0.6 is 0 Å². The number of amides is 2. The van der Waals surface area contributed by atoms with Crippen molar-refractivity contribution in [1.82, 2.24) is 15.6 Å². The zero-order valence-corrected chi connectivity index (χ0v) is 12.6. The van der Waals surface area contributed by atoms with Crippen molar-refractivity contribution in [2.45, 2.75) is 25.8 Å². The normalized spacial score (nSPS) is 17.0. The molecule has 6 nitrogen and oxygen atoms in total. The lowest BCUT2D eigenvalue weighted by Crippen LogP contribution is -2.40. The molecule has 116 valence electrons. The third kappa shape index (κ3) is 4.60. The average Bonchev–Trinajstić information content (AvgIpc) is 2.53. The zero-order chi connectivity index (χ0) is 15.1. The predicted octanol–water partition coefficient (Wildman–Crippen LogP) is 1.88. The number of rotatable bonds is 5. The Morgan fingerprint density at radius 1 is 1.52 bits per heavy atom. The first-order chi connectivity index (χ1) is 10.2. The monoisotopic (exact) mass is 293 g/mol. The summed E-state index contributed by atoms with van der Waals surface area (Å²) in [4.78, 5) is 16.0. The fraction of sp³-hybridized carbons (Fsp3) is 0.600. The Bertz CT molecular complexity index is 461. The second kappa shape index (κ2) is 7.83. The van der Waals surface area contributed by atoms with E-state index < -0.39 is 0 Å². The molecular formula is C15H23N3O3. The Hall–Kier alpha value is -1.82. The van der Waals surface area contributed by atoms with Gasteiger partial charge >= 0.3 is 6.03 Å². The van der Waals surface area contributed by atoms with Crippen LogP contribution < -0.4 is 15.4 Å². The highest BCUT2D eigenvalue weighted by molar-refractivity contribution is 5.74. The van der Waals surface area contributed by atoms with Crippen molar-refractivity contribution in [3.63, 3.8) is 0 Å². The van der Waals surface area contributed by atoms with Gasteiger partial charge in [-0.15, -0.1) is 0 Å². The summed E-state index contributed by atoms with van der Waals surface area (Å²) >= 11 is 0. The summed E-state index contributed by atoms with van der Waals surface area (Å²) in [7, 11) is 1.60. The van der Waals surface area contributed by atoms with Crippen LogP contribution in [0.25, 0.3) is 0 Å². The van der Waals surface area contributed by atoms with Crippen molar-refractivity contribution < 1.29 is 14.3 Å². The van der Waals surface area contributed by atoms with Crippen LogP contribution in [0.4, 0.5) is 4.79 Å². The minimum absolute atomic E-state index is 0.141. The van der Waals surface area contributed by atoms with Crippen LogP contribution in [-0.2, 0) is 4.74 Å². The van der Waals surface area contributed by atoms with Crippen LogP contribution in [0.15, 0.2) is 18.5 Å². The summed E-state index contributed by atoms with van der Waals surface area (Å²) in [6.07, 6.45) is 5.35. The SMILES string of the molecule is COc1cnccc1C(C)NC(=O)NCC1CCOCC1. The van der Waals surface area contributed by atoms with E-state index in [1.54, 1.807) is 19.5 Å². The molecule has 2 N–H and O–H groups in total. The van der Waals surface area contributed by atoms with Crippen molar-refractivity contribution in [2.24, 2.45) is 5.92 Å². The number of nitrogens with one attached hydrogen (secondary N) is 2. The maximum absolute atomic E-state index is 12.0. The van der Waals surface area contributed by atoms with E-state index >= 15 is 0 Å². The number of hydrogen-bond acceptors (Lipinski definition) is 4. The molecule has 1 aliphatic rings. The average molecular weight is 293 g/mol. The second-order valence-corrected chi connectivity index (χ2v) is 5.25. The summed E-state index contributed by atoms with van der Waals surface area (Å²) in [6, 6.07) is 1.55. The lowest BCUT2D eigenvalue weighted by atomic mass is 10.0. The number of hydrogen-bond donors (Lipinski definition) is 2. The Morgan fingerprint density at radius 2 is 2.29 bits per heavy atom. The molecule has 6 heteroatoms. The third-order valence-electron chi connectivity index (χ3n) is 3.74. The van der Waals surface area contributed by atoms with Crippen molar-refractivity contribution in [3.05, 3.63) is 24.0 Å². The molecule has 1 unspecified atom stereocenters. The highest BCUT2D eigenvalue weighted by Crippen LogP contribution is 2.23. The molecule has 0 aliphatic carbocycles. The first kappa shape index (κ1) is 15.6. The summed E-state index contributed by atoms with van der Waals surface area (Å²) in [5.74, 6) is 1.19. The van der Waals surface area contributed by atoms with E-state index in [2.05, 4.69) is 15.6 Å². The topological polar surface area (TPSA) is 72.5 Å². The van der Waals surface area contributed by atoms with E-state index in [0.29, 0.717) is 18.2 Å². The number of nitrogens with zero attached hydrogens (tertiary/aromatic N) is 1. The Labute approximate surface area is 125 Å². The molecular weight excluding hydrogens is 270 g/mol. The molecule has 21 heavy (non-hydrogen) atoms. The number of carbonyl (C=O) groups is 1. The minimum Gasteiger partial charge on any atom is -0.495 e. The van der Waals surface area contributed by atoms with Gasteiger partial charge in [0.2, 0.25) is 0 Å². The quantitative estimate of drug-likeness (QED) is 0.869. The number of carbonyl (C=O) groups excluding carboxylic acids is 1. The van der Waals surface area contributed by atoms with Crippen molar-refractivity contribution in [2.75, 3.05) is 26.9 Å². The van der Waals surface area contributed by atoms with Crippen LogP contribution in [0.3, 0.4) is 0 Å². The second-order valence-electron chi connectivity index (χ2n) is 5.25. The van der Waals surface area contributed by atoms with Crippen LogP contribution in [0.5, 0.6) is 5.75 Å². The van der Waals surface area contributed by atoms with E-state index in [0.717, 1.165) is 31.6 Å². The molecule has 1 fully saturated rings. The van der Waals surface area contributed by atoms with Gasteiger partial charge in [0.15, 0.2) is 0 Å². The van der Waals surface area contributed by atoms with E-state index in [-0.39, 0.29) is 12.1 Å². The van der Waals surface area contributed by atoms with Crippen LogP contribution in [0, 0.1) is 5.92 Å². The molecule has 2 rings (SSSR count). The molecule has 1 aromatic heterocycles. The van der Waals surface area contributed by atoms with Gasteiger partial charge in [0.25, 0.3) is 0 Å². The number of urea groups is 1. The first-order valence-electron chi connectivity index (χ1n) is 7.30. The molecule has 0 radical (unpaired) electrons. The van der Waals surface area contributed by atoms with Crippen LogP contribution in [0.2, 0.25) is 0 Å². The van der Waals surface area contributed by atoms with E-state index in [9.17, 15) is 4.79 Å². The van der Waals surface area contributed by atoms with Gasteiger partial charge in [0.05, 0.1) is 19.3 Å². The Morgan fingerprint density at radius 3 is 3.00 bits per heavy atom. The lowest BCUT2D eigenvalue weighted by Gasteiger charge is -2.23. The van der Waals surface area contributed by atoms with E-state index in [1.165, 1.54) is 0 Å². The number of aromatic nitrogens is 1. The van der Waals surface area contributed by atoms with Gasteiger partial charge in [0, 0.05) is 31.5 Å². The van der Waals surface area contributed by atoms with E-state index in [4.69, 9.17) is 9.47 Å². The standard InChI is InChI=1S/C15H23N3O3/c1-11(13-3-6-16-10-14(13)20-2)18-15(19)17-9-12-4-7-21-8-5-12/h3,6,10-12H,4-5,7-9H2,1-2H3,(H2,17,18,19). The van der Waals surface area contributed by atoms with Gasteiger partial charge in [-0.25, -0.2) is 4.79 Å². The number of ether oxygens (including phenoxy) is 2. The molecule has 0 bridgehead atoms. The molecule has 0 aromatic carbocycles. The van der Waals surface area contributed by atoms with Crippen molar-refractivity contribution in [1.29, 1.82) is 0 Å². The van der Waals surface area contributed by atoms with Gasteiger partial charge in [-0.2, -0.15) is 0 Å². The summed E-state index contributed by atoms with van der Waals surface area (Å²) < 4.78 is 10.6. The predicted molar refractivity (Wildman–Crippen MR) is 79.3 cm³/mol. The molecule has 1 aliphatic heterocycles. The van der Waals surface area contributed by atoms with Gasteiger partial charge in [-0.3, -0.25) is 4.98 Å². The Balaban J connectivity index is 1.81. The number of methoxy groups -OCH3 is 1. The van der Waals surface area contributed by atoms with Crippen LogP contribution in [0.1, 0.15) is 31.4 Å². The molecule has 0 spiro atoms. The van der Waals surface area contributed by atoms with Crippen molar-refractivity contribution in [3.8, 4) is 5.75 Å². The zero-order valence-electron chi connectivity index (χ0n) is 12.6. The van der Waals surface area contributed by atoms with Crippen molar-refractivity contribution >= 4 is 6.03 Å². The summed E-state index contributed by atoms with van der Waals surface area (Å²) in [5, 5.41) is 5.85. The fourth-order valence-corrected chi connectivity index (χ4v) is 2.43. The van der Waals surface area contributed by atoms with Gasteiger partial charge in [0.1, 0.15) is 5.75 Å². The molecule has 2 heterocycles. The largest absolute Gasteiger partial charge is 0.495 e. The number of pyridine rings is 1. The minimum atomic E-state index is -0.159. The van der Waals surface area contributed by atoms with Gasteiger partial charge < -0.3 is 20.1 Å². The van der Waals surface area contributed by atoms with E-state index in [1.807, 2.05) is 13.0 Å². The van der Waals surface area contributed by atoms with Gasteiger partial charge in [-0.05, 0) is 31.7 Å². The highest BCUT2D eigenvalue weighted by atomic mass is 16.5. The molecule has 0 saturated carbocycles.